The van der Waals surface area contributed by atoms with Gasteiger partial charge in [-0.05, 0) is 55.3 Å². The van der Waals surface area contributed by atoms with E-state index in [4.69, 9.17) is 10.5 Å². The maximum Gasteiger partial charge on any atom is 0.410 e. The summed E-state index contributed by atoms with van der Waals surface area (Å²) in [6, 6.07) is 14.4. The number of amides is 1. The first kappa shape index (κ1) is 23.8. The zero-order valence-electron chi connectivity index (χ0n) is 19.5. The number of rotatable bonds is 5. The molecule has 1 unspecified atom stereocenters. The zero-order chi connectivity index (χ0) is 23.4. The molecule has 2 heterocycles. The lowest BCUT2D eigenvalue weighted by molar-refractivity contribution is 0.0968. The number of anilines is 1. The van der Waals surface area contributed by atoms with E-state index in [1.807, 2.05) is 24.0 Å². The Morgan fingerprint density at radius 3 is 2.52 bits per heavy atom. The van der Waals surface area contributed by atoms with E-state index < -0.39 is 0 Å². The van der Waals surface area contributed by atoms with Crippen LogP contribution in [0.1, 0.15) is 36.1 Å². The lowest BCUT2D eigenvalue weighted by Gasteiger charge is -2.34. The van der Waals surface area contributed by atoms with Gasteiger partial charge in [-0.15, -0.1) is 0 Å². The van der Waals surface area contributed by atoms with Crippen LogP contribution in [0, 0.1) is 0 Å². The monoisotopic (exact) mass is 512 g/mol. The number of nitrogens with two attached hydrogens (primary N) is 1. The van der Waals surface area contributed by atoms with Crippen LogP contribution in [-0.4, -0.2) is 67.2 Å². The molecule has 2 N–H and O–H groups in total. The summed E-state index contributed by atoms with van der Waals surface area (Å²) < 4.78 is 6.36. The predicted octanol–water partition coefficient (Wildman–Crippen LogP) is 4.77. The van der Waals surface area contributed by atoms with Gasteiger partial charge < -0.3 is 15.4 Å². The molecular formula is C26H33BrN4O2. The van der Waals surface area contributed by atoms with Gasteiger partial charge in [0.1, 0.15) is 0 Å². The fourth-order valence-corrected chi connectivity index (χ4v) is 4.91. The molecule has 0 bridgehead atoms. The number of nitrogens with zero attached hydrogens (tertiary/aromatic N) is 3. The van der Waals surface area contributed by atoms with Crippen molar-refractivity contribution in [2.75, 3.05) is 52.1 Å². The third-order valence-electron chi connectivity index (χ3n) is 6.50. The first-order chi connectivity index (χ1) is 15.9. The summed E-state index contributed by atoms with van der Waals surface area (Å²) in [5.41, 5.74) is 11.6. The minimum absolute atomic E-state index is 0.191. The Bertz CT molecular complexity index is 1000. The van der Waals surface area contributed by atoms with Crippen LogP contribution < -0.4 is 5.73 Å². The van der Waals surface area contributed by atoms with Crippen LogP contribution in [0.3, 0.4) is 0 Å². The topological polar surface area (TPSA) is 62.0 Å². The first-order valence-corrected chi connectivity index (χ1v) is 12.4. The second-order valence-corrected chi connectivity index (χ2v) is 9.75. The number of hydrogen-bond acceptors (Lipinski definition) is 5. The van der Waals surface area contributed by atoms with Crippen molar-refractivity contribution in [2.45, 2.75) is 25.9 Å². The van der Waals surface area contributed by atoms with E-state index in [1.165, 1.54) is 5.56 Å². The van der Waals surface area contributed by atoms with E-state index in [0.717, 1.165) is 66.0 Å². The first-order valence-electron chi connectivity index (χ1n) is 11.6. The number of carbonyl (C=O) groups excluding carboxylic acids is 1. The number of ether oxygens (including phenoxy) is 1. The second kappa shape index (κ2) is 10.7. The molecule has 1 saturated heterocycles. The number of piperazine rings is 1. The Balaban J connectivity index is 1.59. The lowest BCUT2D eigenvalue weighted by atomic mass is 9.91. The average Bonchev–Trinajstić information content (AvgIpc) is 2.82. The largest absolute Gasteiger partial charge is 0.450 e. The van der Waals surface area contributed by atoms with Crippen molar-refractivity contribution in [1.29, 1.82) is 0 Å². The molecule has 1 atom stereocenters. The summed E-state index contributed by atoms with van der Waals surface area (Å²) in [6.45, 7) is 8.16. The Hall–Kier alpha value is -2.35. The highest BCUT2D eigenvalue weighted by molar-refractivity contribution is 9.10. The molecule has 4 rings (SSSR count). The summed E-state index contributed by atoms with van der Waals surface area (Å²) >= 11 is 3.56. The third-order valence-corrected chi connectivity index (χ3v) is 7.00. The molecule has 2 aromatic rings. The van der Waals surface area contributed by atoms with Crippen LogP contribution in [0.5, 0.6) is 0 Å². The zero-order valence-corrected chi connectivity index (χ0v) is 21.1. The Labute approximate surface area is 205 Å². The molecule has 2 aromatic carbocycles. The number of carbonyl (C=O) groups is 1. The van der Waals surface area contributed by atoms with Crippen LogP contribution in [0.2, 0.25) is 0 Å². The van der Waals surface area contributed by atoms with Crippen molar-refractivity contribution in [2.24, 2.45) is 0 Å². The number of hydrogen-bond donors (Lipinski definition) is 1. The number of halogens is 1. The van der Waals surface area contributed by atoms with Gasteiger partial charge in [-0.2, -0.15) is 0 Å². The summed E-state index contributed by atoms with van der Waals surface area (Å²) in [6.07, 6.45) is 2.62. The highest BCUT2D eigenvalue weighted by Gasteiger charge is 2.29. The van der Waals surface area contributed by atoms with Gasteiger partial charge >= 0.3 is 6.09 Å². The van der Waals surface area contributed by atoms with Crippen molar-refractivity contribution in [1.82, 2.24) is 14.7 Å². The highest BCUT2D eigenvalue weighted by atomic mass is 79.9. The van der Waals surface area contributed by atoms with Gasteiger partial charge in [0, 0.05) is 55.0 Å². The van der Waals surface area contributed by atoms with E-state index in [9.17, 15) is 4.79 Å². The van der Waals surface area contributed by atoms with E-state index >= 15 is 0 Å². The Kier molecular flexibility index (Phi) is 7.73. The standard InChI is InChI=1S/C26H33BrN4O2/c1-3-33-26(32)31-11-10-21(23-17-22(27)8-9-24(23)28)16-25(31)20-6-4-19(5-7-20)18-30-14-12-29(2)13-15-30/h4-9,16-17,25H,3,10-15,18,28H2,1-2H3. The molecule has 0 radical (unpaired) electrons. The average molecular weight is 513 g/mol. The van der Waals surface area contributed by atoms with Crippen molar-refractivity contribution in [3.05, 3.63) is 69.7 Å². The number of benzene rings is 2. The van der Waals surface area contributed by atoms with Gasteiger partial charge in [-0.1, -0.05) is 46.3 Å². The molecule has 2 aliphatic heterocycles. The minimum atomic E-state index is -0.276. The molecule has 0 aliphatic carbocycles. The predicted molar refractivity (Wildman–Crippen MR) is 137 cm³/mol. The highest BCUT2D eigenvalue weighted by Crippen LogP contribution is 2.37. The van der Waals surface area contributed by atoms with E-state index in [0.29, 0.717) is 13.2 Å². The van der Waals surface area contributed by atoms with Gasteiger partial charge in [-0.3, -0.25) is 9.80 Å². The van der Waals surface area contributed by atoms with Crippen LogP contribution in [0.25, 0.3) is 5.57 Å². The van der Waals surface area contributed by atoms with Crippen molar-refractivity contribution < 1.29 is 9.53 Å². The maximum atomic E-state index is 12.7. The van der Waals surface area contributed by atoms with Gasteiger partial charge in [0.2, 0.25) is 0 Å². The molecule has 0 spiro atoms. The second-order valence-electron chi connectivity index (χ2n) is 8.83. The van der Waals surface area contributed by atoms with E-state index in [1.54, 1.807) is 0 Å². The summed E-state index contributed by atoms with van der Waals surface area (Å²) in [7, 11) is 2.18. The smallest absolute Gasteiger partial charge is 0.410 e. The quantitative estimate of drug-likeness (QED) is 0.584. The van der Waals surface area contributed by atoms with E-state index in [-0.39, 0.29) is 12.1 Å². The molecule has 1 amide bonds. The SMILES string of the molecule is CCOC(=O)N1CCC(c2cc(Br)ccc2N)=CC1c1ccc(CN2CCN(C)CC2)cc1. The fourth-order valence-electron chi connectivity index (χ4n) is 4.55. The normalized spacial score (nSPS) is 19.9. The third kappa shape index (κ3) is 5.78. The Morgan fingerprint density at radius 1 is 1.09 bits per heavy atom. The fraction of sp³-hybridized carbons (Fsp3) is 0.423. The summed E-state index contributed by atoms with van der Waals surface area (Å²) in [5.74, 6) is 0. The number of nitrogen functional groups attached to an aromatic ring is 1. The maximum absolute atomic E-state index is 12.7. The van der Waals surface area contributed by atoms with Crippen LogP contribution in [-0.2, 0) is 11.3 Å². The van der Waals surface area contributed by atoms with Gasteiger partial charge in [0.05, 0.1) is 12.6 Å². The molecule has 0 aromatic heterocycles. The van der Waals surface area contributed by atoms with Crippen LogP contribution >= 0.6 is 15.9 Å². The molecule has 1 fully saturated rings. The van der Waals surface area contributed by atoms with Crippen molar-refractivity contribution in [3.8, 4) is 0 Å². The molecule has 6 nitrogen and oxygen atoms in total. The van der Waals surface area contributed by atoms with Gasteiger partial charge in [0.15, 0.2) is 0 Å². The molecule has 2 aliphatic rings. The Morgan fingerprint density at radius 2 is 1.82 bits per heavy atom. The summed E-state index contributed by atoms with van der Waals surface area (Å²) in [5, 5.41) is 0. The number of likely N-dealkylation sites (N-methyl/N-ethyl adjacent to an activating group) is 1. The molecule has 33 heavy (non-hydrogen) atoms. The molecule has 0 saturated carbocycles. The summed E-state index contributed by atoms with van der Waals surface area (Å²) in [4.78, 5) is 19.4. The van der Waals surface area contributed by atoms with Crippen molar-refractivity contribution >= 4 is 33.3 Å². The van der Waals surface area contributed by atoms with Gasteiger partial charge in [0.25, 0.3) is 0 Å². The molecule has 176 valence electrons. The molecular weight excluding hydrogens is 480 g/mol. The van der Waals surface area contributed by atoms with E-state index in [2.05, 4.69) is 69.2 Å². The minimum Gasteiger partial charge on any atom is -0.450 e. The van der Waals surface area contributed by atoms with Crippen LogP contribution in [0.4, 0.5) is 10.5 Å². The molecule has 7 heteroatoms. The van der Waals surface area contributed by atoms with Gasteiger partial charge in [-0.25, -0.2) is 4.79 Å². The lowest BCUT2D eigenvalue weighted by Crippen LogP contribution is -2.43. The van der Waals surface area contributed by atoms with Crippen LogP contribution in [0.15, 0.2) is 53.0 Å². The van der Waals surface area contributed by atoms with Crippen molar-refractivity contribution in [3.63, 3.8) is 0 Å².